The number of piperidine rings is 1. The zero-order chi connectivity index (χ0) is 18.9. The lowest BCUT2D eigenvalue weighted by atomic mass is 9.89. The first-order valence-corrected chi connectivity index (χ1v) is 10.5. The summed E-state index contributed by atoms with van der Waals surface area (Å²) in [6, 6.07) is 6.39. The Bertz CT molecular complexity index is 676. The van der Waals surface area contributed by atoms with Crippen LogP contribution in [0.3, 0.4) is 0 Å². The Morgan fingerprint density at radius 3 is 2.67 bits per heavy atom. The molecule has 0 bridgehead atoms. The molecule has 1 aromatic rings. The number of nitrogens with zero attached hydrogens (tertiary/aromatic N) is 2. The van der Waals surface area contributed by atoms with Crippen molar-refractivity contribution in [2.75, 3.05) is 39.4 Å². The van der Waals surface area contributed by atoms with E-state index in [-0.39, 0.29) is 17.4 Å². The van der Waals surface area contributed by atoms with E-state index in [9.17, 15) is 4.79 Å². The molecule has 0 aliphatic carbocycles. The van der Waals surface area contributed by atoms with E-state index in [2.05, 4.69) is 41.8 Å². The molecule has 3 heterocycles. The summed E-state index contributed by atoms with van der Waals surface area (Å²) in [5, 5.41) is 0. The molecule has 3 aliphatic rings. The van der Waals surface area contributed by atoms with E-state index >= 15 is 0 Å². The van der Waals surface area contributed by atoms with Gasteiger partial charge in [-0.3, -0.25) is 4.79 Å². The second-order valence-electron chi connectivity index (χ2n) is 8.41. The predicted molar refractivity (Wildman–Crippen MR) is 105 cm³/mol. The Morgan fingerprint density at radius 1 is 1.22 bits per heavy atom. The van der Waals surface area contributed by atoms with Crippen LogP contribution in [0.1, 0.15) is 43.7 Å². The molecule has 0 saturated carbocycles. The zero-order valence-corrected chi connectivity index (χ0v) is 16.7. The van der Waals surface area contributed by atoms with Gasteiger partial charge in [-0.15, -0.1) is 0 Å². The van der Waals surface area contributed by atoms with E-state index in [4.69, 9.17) is 9.47 Å². The molecule has 5 nitrogen and oxygen atoms in total. The highest BCUT2D eigenvalue weighted by Gasteiger charge is 2.42. The Balaban J connectivity index is 1.62. The average Bonchev–Trinajstić information content (AvgIpc) is 2.85. The molecule has 0 atom stereocenters. The van der Waals surface area contributed by atoms with Gasteiger partial charge >= 0.3 is 0 Å². The van der Waals surface area contributed by atoms with Gasteiger partial charge in [-0.05, 0) is 32.4 Å². The van der Waals surface area contributed by atoms with E-state index < -0.39 is 0 Å². The minimum absolute atomic E-state index is 0.0953. The smallest absolute Gasteiger partial charge is 0.226 e. The highest BCUT2D eigenvalue weighted by Crippen LogP contribution is 2.37. The van der Waals surface area contributed by atoms with Gasteiger partial charge in [0.25, 0.3) is 0 Å². The molecule has 0 unspecified atom stereocenters. The van der Waals surface area contributed by atoms with Gasteiger partial charge in [0.2, 0.25) is 5.91 Å². The number of amides is 1. The summed E-state index contributed by atoms with van der Waals surface area (Å²) in [5.74, 6) is 1.35. The van der Waals surface area contributed by atoms with E-state index in [0.29, 0.717) is 26.3 Å². The van der Waals surface area contributed by atoms with Crippen LogP contribution >= 0.6 is 0 Å². The molecule has 1 spiro atoms. The van der Waals surface area contributed by atoms with Crippen molar-refractivity contribution >= 4 is 5.91 Å². The van der Waals surface area contributed by atoms with Crippen molar-refractivity contribution in [1.29, 1.82) is 0 Å². The van der Waals surface area contributed by atoms with Crippen molar-refractivity contribution in [1.82, 2.24) is 9.80 Å². The van der Waals surface area contributed by atoms with Gasteiger partial charge in [0.1, 0.15) is 11.4 Å². The number of hydrogen-bond donors (Lipinski definition) is 0. The third kappa shape index (κ3) is 3.99. The number of rotatable bonds is 2. The molecule has 5 heteroatoms. The number of fused-ring (bicyclic) bond motifs is 1. The summed E-state index contributed by atoms with van der Waals surface area (Å²) in [5.41, 5.74) is 2.10. The molecule has 148 valence electrons. The van der Waals surface area contributed by atoms with Gasteiger partial charge < -0.3 is 19.3 Å². The Kier molecular flexibility index (Phi) is 5.42. The van der Waals surface area contributed by atoms with Gasteiger partial charge in [-0.2, -0.15) is 0 Å². The van der Waals surface area contributed by atoms with Crippen LogP contribution in [0.5, 0.6) is 5.75 Å². The van der Waals surface area contributed by atoms with Crippen LogP contribution in [0.4, 0.5) is 0 Å². The molecule has 27 heavy (non-hydrogen) atoms. The number of carbonyl (C=O) groups excluding carboxylic acids is 1. The summed E-state index contributed by atoms with van der Waals surface area (Å²) in [4.78, 5) is 17.9. The van der Waals surface area contributed by atoms with Crippen molar-refractivity contribution in [2.24, 2.45) is 5.92 Å². The molecular weight excluding hydrogens is 340 g/mol. The molecule has 0 N–H and O–H groups in total. The molecule has 1 amide bonds. The van der Waals surface area contributed by atoms with Gasteiger partial charge in [0.15, 0.2) is 0 Å². The Morgan fingerprint density at radius 2 is 1.96 bits per heavy atom. The van der Waals surface area contributed by atoms with Crippen LogP contribution in [0, 0.1) is 12.8 Å². The number of carbonyl (C=O) groups is 1. The summed E-state index contributed by atoms with van der Waals surface area (Å²) >= 11 is 0. The Hall–Kier alpha value is -1.59. The summed E-state index contributed by atoms with van der Waals surface area (Å²) < 4.78 is 12.1. The number of ether oxygens (including phenoxy) is 2. The van der Waals surface area contributed by atoms with Crippen LogP contribution < -0.4 is 4.74 Å². The molecule has 0 radical (unpaired) electrons. The van der Waals surface area contributed by atoms with Crippen LogP contribution in [0.2, 0.25) is 0 Å². The number of benzene rings is 1. The lowest BCUT2D eigenvalue weighted by molar-refractivity contribution is -0.142. The lowest BCUT2D eigenvalue weighted by Crippen LogP contribution is -2.55. The van der Waals surface area contributed by atoms with Crippen LogP contribution in [-0.4, -0.2) is 60.7 Å². The number of aryl methyl sites for hydroxylation is 1. The second-order valence-corrected chi connectivity index (χ2v) is 8.41. The van der Waals surface area contributed by atoms with E-state index in [1.165, 1.54) is 5.56 Å². The highest BCUT2D eigenvalue weighted by molar-refractivity contribution is 5.79. The monoisotopic (exact) mass is 372 g/mol. The van der Waals surface area contributed by atoms with E-state index in [1.54, 1.807) is 0 Å². The van der Waals surface area contributed by atoms with Crippen molar-refractivity contribution in [3.63, 3.8) is 0 Å². The molecule has 2 saturated heterocycles. The first-order chi connectivity index (χ1) is 13.1. The largest absolute Gasteiger partial charge is 0.485 e. The normalized spacial score (nSPS) is 23.6. The zero-order valence-electron chi connectivity index (χ0n) is 16.7. The van der Waals surface area contributed by atoms with Gasteiger partial charge in [-0.1, -0.05) is 24.6 Å². The summed E-state index contributed by atoms with van der Waals surface area (Å²) in [6.45, 7) is 10.2. The SMILES string of the molecule is CCN1CCC2(CC1)CN(C(=O)C1CCOCC1)Cc1cc(C)ccc1O2. The molecule has 4 rings (SSSR count). The fourth-order valence-corrected chi connectivity index (χ4v) is 4.70. The number of hydrogen-bond acceptors (Lipinski definition) is 4. The third-order valence-corrected chi connectivity index (χ3v) is 6.48. The minimum atomic E-state index is -0.257. The van der Waals surface area contributed by atoms with Gasteiger partial charge in [0, 0.05) is 57.2 Å². The predicted octanol–water partition coefficient (Wildman–Crippen LogP) is 3.00. The summed E-state index contributed by atoms with van der Waals surface area (Å²) in [7, 11) is 0. The van der Waals surface area contributed by atoms with Crippen molar-refractivity contribution < 1.29 is 14.3 Å². The molecular formula is C22H32N2O3. The van der Waals surface area contributed by atoms with E-state index in [0.717, 1.165) is 56.6 Å². The van der Waals surface area contributed by atoms with Crippen LogP contribution in [0.25, 0.3) is 0 Å². The molecule has 1 aromatic carbocycles. The second kappa shape index (κ2) is 7.80. The lowest BCUT2D eigenvalue weighted by Gasteiger charge is -2.43. The molecule has 0 aromatic heterocycles. The fraction of sp³-hybridized carbons (Fsp3) is 0.682. The van der Waals surface area contributed by atoms with Crippen molar-refractivity contribution in [3.05, 3.63) is 29.3 Å². The van der Waals surface area contributed by atoms with E-state index in [1.807, 2.05) is 0 Å². The first-order valence-electron chi connectivity index (χ1n) is 10.5. The Labute approximate surface area is 162 Å². The maximum absolute atomic E-state index is 13.4. The minimum Gasteiger partial charge on any atom is -0.485 e. The van der Waals surface area contributed by atoms with Gasteiger partial charge in [0.05, 0.1) is 6.54 Å². The molecule has 2 fully saturated rings. The highest BCUT2D eigenvalue weighted by atomic mass is 16.5. The average molecular weight is 373 g/mol. The van der Waals surface area contributed by atoms with Crippen molar-refractivity contribution in [2.45, 2.75) is 51.7 Å². The maximum atomic E-state index is 13.4. The first kappa shape index (κ1) is 18.8. The quantitative estimate of drug-likeness (QED) is 0.800. The van der Waals surface area contributed by atoms with Gasteiger partial charge in [-0.25, -0.2) is 0 Å². The maximum Gasteiger partial charge on any atom is 0.226 e. The third-order valence-electron chi connectivity index (χ3n) is 6.48. The number of likely N-dealkylation sites (tertiary alicyclic amines) is 1. The van der Waals surface area contributed by atoms with Crippen molar-refractivity contribution in [3.8, 4) is 5.75 Å². The van der Waals surface area contributed by atoms with Crippen LogP contribution in [-0.2, 0) is 16.1 Å². The standard InChI is InChI=1S/C22H32N2O3/c1-3-23-10-8-22(9-11-23)16-24(21(25)18-6-12-26-13-7-18)15-19-14-17(2)4-5-20(19)27-22/h4-5,14,18H,3,6-13,15-16H2,1-2H3. The molecule has 3 aliphatic heterocycles. The summed E-state index contributed by atoms with van der Waals surface area (Å²) in [6.07, 6.45) is 3.64. The van der Waals surface area contributed by atoms with Crippen LogP contribution in [0.15, 0.2) is 18.2 Å². The topological polar surface area (TPSA) is 42.0 Å². The fourth-order valence-electron chi connectivity index (χ4n) is 4.70.